The molecule has 0 aliphatic heterocycles. The van der Waals surface area contributed by atoms with Gasteiger partial charge in [-0.15, -0.1) is 0 Å². The summed E-state index contributed by atoms with van der Waals surface area (Å²) < 4.78 is 6.91. The number of hydrogen-bond acceptors (Lipinski definition) is 4. The van der Waals surface area contributed by atoms with Crippen molar-refractivity contribution in [1.29, 1.82) is 0 Å². The molecule has 130 valence electrons. The molecule has 1 amide bonds. The van der Waals surface area contributed by atoms with E-state index in [1.165, 1.54) is 0 Å². The Morgan fingerprint density at radius 1 is 1.33 bits per heavy atom. The van der Waals surface area contributed by atoms with Crippen LogP contribution in [0.3, 0.4) is 0 Å². The molecule has 24 heavy (non-hydrogen) atoms. The first-order valence-corrected chi connectivity index (χ1v) is 8.00. The van der Waals surface area contributed by atoms with Crippen molar-refractivity contribution in [3.05, 3.63) is 46.8 Å². The lowest BCUT2D eigenvalue weighted by atomic mass is 10.1. The molecule has 0 radical (unpaired) electrons. The van der Waals surface area contributed by atoms with Crippen LogP contribution in [0.25, 0.3) is 0 Å². The Hall–Kier alpha value is -2.34. The van der Waals surface area contributed by atoms with E-state index in [0.717, 1.165) is 28.3 Å². The van der Waals surface area contributed by atoms with Crippen LogP contribution >= 0.6 is 0 Å². The maximum Gasteiger partial charge on any atom is 0.220 e. The maximum atomic E-state index is 12.0. The highest BCUT2D eigenvalue weighted by atomic mass is 16.5. The summed E-state index contributed by atoms with van der Waals surface area (Å²) in [5, 5.41) is 17.3. The van der Waals surface area contributed by atoms with Crippen LogP contribution < -0.4 is 10.1 Å². The van der Waals surface area contributed by atoms with Crippen molar-refractivity contribution in [2.45, 2.75) is 32.8 Å². The zero-order valence-electron chi connectivity index (χ0n) is 14.7. The molecule has 0 saturated heterocycles. The molecule has 1 atom stereocenters. The first-order valence-electron chi connectivity index (χ1n) is 8.00. The smallest absolute Gasteiger partial charge is 0.220 e. The van der Waals surface area contributed by atoms with Gasteiger partial charge in [0.2, 0.25) is 5.91 Å². The number of aryl methyl sites for hydroxylation is 2. The van der Waals surface area contributed by atoms with Crippen molar-refractivity contribution in [3.8, 4) is 5.75 Å². The van der Waals surface area contributed by atoms with Gasteiger partial charge >= 0.3 is 0 Å². The number of amides is 1. The fraction of sp³-hybridized carbons (Fsp3) is 0.444. The molecule has 6 nitrogen and oxygen atoms in total. The highest BCUT2D eigenvalue weighted by Crippen LogP contribution is 2.17. The number of aliphatic hydroxyl groups excluding tert-OH is 1. The Kier molecular flexibility index (Phi) is 5.98. The zero-order valence-corrected chi connectivity index (χ0v) is 14.7. The quantitative estimate of drug-likeness (QED) is 0.811. The fourth-order valence-electron chi connectivity index (χ4n) is 2.66. The van der Waals surface area contributed by atoms with E-state index in [0.29, 0.717) is 12.8 Å². The topological polar surface area (TPSA) is 76.4 Å². The van der Waals surface area contributed by atoms with Gasteiger partial charge in [0.25, 0.3) is 0 Å². The summed E-state index contributed by atoms with van der Waals surface area (Å²) in [7, 11) is 3.49. The van der Waals surface area contributed by atoms with E-state index in [-0.39, 0.29) is 12.5 Å². The van der Waals surface area contributed by atoms with Crippen LogP contribution in [0.2, 0.25) is 0 Å². The van der Waals surface area contributed by atoms with Crippen LogP contribution in [0.15, 0.2) is 24.3 Å². The molecular weight excluding hydrogens is 306 g/mol. The van der Waals surface area contributed by atoms with Crippen LogP contribution in [0.4, 0.5) is 0 Å². The molecule has 0 fully saturated rings. The average Bonchev–Trinajstić information content (AvgIpc) is 2.83. The summed E-state index contributed by atoms with van der Waals surface area (Å²) >= 11 is 0. The zero-order chi connectivity index (χ0) is 17.7. The number of ether oxygens (including phenoxy) is 1. The number of rotatable bonds is 7. The first-order chi connectivity index (χ1) is 11.4. The summed E-state index contributed by atoms with van der Waals surface area (Å²) in [6, 6.07) is 7.15. The van der Waals surface area contributed by atoms with Crippen LogP contribution in [-0.2, 0) is 18.3 Å². The molecule has 0 aliphatic carbocycles. The number of carbonyl (C=O) groups is 1. The summed E-state index contributed by atoms with van der Waals surface area (Å²) in [5.41, 5.74) is 3.90. The standard InChI is InChI=1S/C18H25N3O3/c1-12-16(13(2)21(3)20-12)9-10-18(23)19-11-17(22)14-5-7-15(24-4)8-6-14/h5-8,17,22H,9-11H2,1-4H3,(H,19,23). The van der Waals surface area contributed by atoms with Crippen molar-refractivity contribution in [3.63, 3.8) is 0 Å². The molecule has 1 heterocycles. The van der Waals surface area contributed by atoms with E-state index in [9.17, 15) is 9.90 Å². The van der Waals surface area contributed by atoms with Crippen molar-refractivity contribution in [2.75, 3.05) is 13.7 Å². The van der Waals surface area contributed by atoms with Gasteiger partial charge in [0.15, 0.2) is 0 Å². The van der Waals surface area contributed by atoms with Crippen molar-refractivity contribution in [2.24, 2.45) is 7.05 Å². The molecule has 6 heteroatoms. The monoisotopic (exact) mass is 331 g/mol. The Morgan fingerprint density at radius 2 is 2.00 bits per heavy atom. The molecule has 2 rings (SSSR count). The third-order valence-electron chi connectivity index (χ3n) is 4.25. The number of aromatic nitrogens is 2. The van der Waals surface area contributed by atoms with E-state index >= 15 is 0 Å². The Bertz CT molecular complexity index is 692. The van der Waals surface area contributed by atoms with Crippen molar-refractivity contribution < 1.29 is 14.6 Å². The SMILES string of the molecule is COc1ccc(C(O)CNC(=O)CCc2c(C)nn(C)c2C)cc1. The third kappa shape index (κ3) is 4.35. The molecule has 0 spiro atoms. The Balaban J connectivity index is 1.81. The van der Waals surface area contributed by atoms with Gasteiger partial charge in [-0.3, -0.25) is 9.48 Å². The maximum absolute atomic E-state index is 12.0. The normalized spacial score (nSPS) is 12.0. The predicted octanol–water partition coefficient (Wildman–Crippen LogP) is 1.83. The number of aliphatic hydroxyl groups is 1. The number of methoxy groups -OCH3 is 1. The number of carbonyl (C=O) groups excluding carboxylic acids is 1. The van der Waals surface area contributed by atoms with Crippen LogP contribution in [-0.4, -0.2) is 34.4 Å². The summed E-state index contributed by atoms with van der Waals surface area (Å²) in [4.78, 5) is 12.0. The van der Waals surface area contributed by atoms with Gasteiger partial charge in [-0.25, -0.2) is 0 Å². The molecule has 1 aromatic heterocycles. The van der Waals surface area contributed by atoms with Gasteiger partial charge in [0.05, 0.1) is 18.9 Å². The number of nitrogens with zero attached hydrogens (tertiary/aromatic N) is 2. The van der Waals surface area contributed by atoms with Crippen molar-refractivity contribution >= 4 is 5.91 Å². The highest BCUT2D eigenvalue weighted by molar-refractivity contribution is 5.76. The molecule has 2 aromatic rings. The molecular formula is C18H25N3O3. The van der Waals surface area contributed by atoms with Gasteiger partial charge in [0.1, 0.15) is 5.75 Å². The summed E-state index contributed by atoms with van der Waals surface area (Å²) in [6.07, 6.45) is 0.292. The lowest BCUT2D eigenvalue weighted by Gasteiger charge is -2.13. The van der Waals surface area contributed by atoms with Crippen molar-refractivity contribution in [1.82, 2.24) is 15.1 Å². The molecule has 0 aliphatic rings. The van der Waals surface area contributed by atoms with E-state index in [1.54, 1.807) is 31.4 Å². The second kappa shape index (κ2) is 7.97. The second-order valence-electron chi connectivity index (χ2n) is 5.87. The lowest BCUT2D eigenvalue weighted by Crippen LogP contribution is -2.28. The lowest BCUT2D eigenvalue weighted by molar-refractivity contribution is -0.121. The largest absolute Gasteiger partial charge is 0.497 e. The minimum absolute atomic E-state index is 0.0785. The van der Waals surface area contributed by atoms with Gasteiger partial charge in [0, 0.05) is 25.7 Å². The van der Waals surface area contributed by atoms with Crippen LogP contribution in [0.1, 0.15) is 35.0 Å². The fourth-order valence-corrected chi connectivity index (χ4v) is 2.66. The van der Waals surface area contributed by atoms with Crippen LogP contribution in [0.5, 0.6) is 5.75 Å². The molecule has 0 saturated carbocycles. The van der Waals surface area contributed by atoms with Gasteiger partial charge < -0.3 is 15.2 Å². The van der Waals surface area contributed by atoms with Gasteiger partial charge in [-0.2, -0.15) is 5.10 Å². The minimum atomic E-state index is -0.735. The molecule has 1 unspecified atom stereocenters. The van der Waals surface area contributed by atoms with Crippen LogP contribution in [0, 0.1) is 13.8 Å². The number of nitrogens with one attached hydrogen (secondary N) is 1. The molecule has 1 aromatic carbocycles. The summed E-state index contributed by atoms with van der Waals surface area (Å²) in [5.74, 6) is 0.655. The Morgan fingerprint density at radius 3 is 2.54 bits per heavy atom. The first kappa shape index (κ1) is 18.0. The molecule has 0 bridgehead atoms. The Labute approximate surface area is 142 Å². The molecule has 2 N–H and O–H groups in total. The van der Waals surface area contributed by atoms with E-state index in [4.69, 9.17) is 4.74 Å². The van der Waals surface area contributed by atoms with E-state index < -0.39 is 6.10 Å². The number of hydrogen-bond donors (Lipinski definition) is 2. The predicted molar refractivity (Wildman–Crippen MR) is 92.0 cm³/mol. The minimum Gasteiger partial charge on any atom is -0.497 e. The second-order valence-corrected chi connectivity index (χ2v) is 5.87. The van der Waals surface area contributed by atoms with Gasteiger partial charge in [-0.05, 0) is 43.5 Å². The van der Waals surface area contributed by atoms with E-state index in [1.807, 2.05) is 25.6 Å². The third-order valence-corrected chi connectivity index (χ3v) is 4.25. The highest BCUT2D eigenvalue weighted by Gasteiger charge is 2.13. The van der Waals surface area contributed by atoms with E-state index in [2.05, 4.69) is 10.4 Å². The average molecular weight is 331 g/mol. The summed E-state index contributed by atoms with van der Waals surface area (Å²) in [6.45, 7) is 4.14. The van der Waals surface area contributed by atoms with Gasteiger partial charge in [-0.1, -0.05) is 12.1 Å². The number of benzene rings is 1.